The highest BCUT2D eigenvalue weighted by Gasteiger charge is 2.30. The van der Waals surface area contributed by atoms with Gasteiger partial charge in [0.05, 0.1) is 16.3 Å². The van der Waals surface area contributed by atoms with Crippen LogP contribution in [-0.4, -0.2) is 57.5 Å². The molecule has 1 fully saturated rings. The molecule has 3 aromatic rings. The van der Waals surface area contributed by atoms with E-state index in [0.29, 0.717) is 30.6 Å². The number of sulfonamides is 2. The molecule has 1 amide bonds. The average molecular weight is 598 g/mol. The van der Waals surface area contributed by atoms with Crippen LogP contribution in [0.5, 0.6) is 0 Å². The number of piperidine rings is 1. The molecule has 1 aliphatic heterocycles. The zero-order valence-electron chi connectivity index (χ0n) is 24.0. The van der Waals surface area contributed by atoms with Gasteiger partial charge >= 0.3 is 0 Å². The molecule has 41 heavy (non-hydrogen) atoms. The van der Waals surface area contributed by atoms with Gasteiger partial charge in [-0.05, 0) is 74.4 Å². The zero-order valence-corrected chi connectivity index (χ0v) is 25.6. The predicted octanol–water partition coefficient (Wildman–Crippen LogP) is 4.34. The van der Waals surface area contributed by atoms with E-state index in [0.717, 1.165) is 36.0 Å². The lowest BCUT2D eigenvalue weighted by molar-refractivity contribution is -0.121. The molecule has 1 saturated heterocycles. The number of hydrogen-bond donors (Lipinski definition) is 1. The normalized spacial score (nSPS) is 14.7. The molecule has 10 heteroatoms. The van der Waals surface area contributed by atoms with Gasteiger partial charge in [-0.2, -0.15) is 8.61 Å². The molecular weight excluding hydrogens is 558 g/mol. The Kier molecular flexibility index (Phi) is 10.0. The van der Waals surface area contributed by atoms with Crippen molar-refractivity contribution < 1.29 is 21.6 Å². The average Bonchev–Trinajstić information content (AvgIpc) is 2.94. The fourth-order valence-corrected chi connectivity index (χ4v) is 8.66. The van der Waals surface area contributed by atoms with E-state index < -0.39 is 26.0 Å². The molecule has 3 aromatic carbocycles. The number of aryl methyl sites for hydroxylation is 3. The maximum Gasteiger partial charge on any atom is 0.244 e. The standard InChI is InChI=1S/C31H39N3O5S2/c1-24-20-25(2)31(26(3)21-24)41(38,39)34(19-16-27-10-6-4-7-11-27)23-30(35)32-22-28-12-14-29(15-13-28)40(36,37)33-17-8-5-9-18-33/h4,6-7,10-15,20-21H,5,8-9,16-19,22-23H2,1-3H3,(H,32,35). The molecule has 0 bridgehead atoms. The van der Waals surface area contributed by atoms with E-state index in [9.17, 15) is 21.6 Å². The lowest BCUT2D eigenvalue weighted by Gasteiger charge is -2.26. The van der Waals surface area contributed by atoms with Crippen molar-refractivity contribution in [3.63, 3.8) is 0 Å². The zero-order chi connectivity index (χ0) is 29.6. The van der Waals surface area contributed by atoms with Crippen molar-refractivity contribution in [3.8, 4) is 0 Å². The lowest BCUT2D eigenvalue weighted by atomic mass is 10.1. The first-order valence-electron chi connectivity index (χ1n) is 14.0. The summed E-state index contributed by atoms with van der Waals surface area (Å²) < 4.78 is 56.3. The third-order valence-electron chi connectivity index (χ3n) is 7.38. The fourth-order valence-electron chi connectivity index (χ4n) is 5.34. The predicted molar refractivity (Wildman–Crippen MR) is 160 cm³/mol. The molecule has 220 valence electrons. The molecule has 0 aliphatic carbocycles. The molecule has 1 aliphatic rings. The monoisotopic (exact) mass is 597 g/mol. The summed E-state index contributed by atoms with van der Waals surface area (Å²) in [5.74, 6) is -0.436. The minimum atomic E-state index is -3.96. The van der Waals surface area contributed by atoms with Gasteiger partial charge in [0.1, 0.15) is 0 Å². The Hall–Kier alpha value is -3.05. The molecule has 0 spiro atoms. The van der Waals surface area contributed by atoms with E-state index in [1.54, 1.807) is 38.1 Å². The summed E-state index contributed by atoms with van der Waals surface area (Å²) in [4.78, 5) is 13.5. The molecule has 0 aromatic heterocycles. The van der Waals surface area contributed by atoms with Gasteiger partial charge in [-0.3, -0.25) is 4.79 Å². The summed E-state index contributed by atoms with van der Waals surface area (Å²) in [7, 11) is -7.49. The largest absolute Gasteiger partial charge is 0.351 e. The number of benzene rings is 3. The van der Waals surface area contributed by atoms with E-state index >= 15 is 0 Å². The van der Waals surface area contributed by atoms with Crippen molar-refractivity contribution >= 4 is 26.0 Å². The molecule has 0 radical (unpaired) electrons. The second kappa shape index (κ2) is 13.3. The molecule has 1 N–H and O–H groups in total. The van der Waals surface area contributed by atoms with Crippen LogP contribution in [-0.2, 0) is 37.8 Å². The number of carbonyl (C=O) groups excluding carboxylic acids is 1. The number of amides is 1. The van der Waals surface area contributed by atoms with E-state index in [1.807, 2.05) is 49.4 Å². The van der Waals surface area contributed by atoms with Gasteiger partial charge < -0.3 is 5.32 Å². The SMILES string of the molecule is Cc1cc(C)c(S(=O)(=O)N(CCc2ccccc2)CC(=O)NCc2ccc(S(=O)(=O)N3CCCCC3)cc2)c(C)c1. The summed E-state index contributed by atoms with van der Waals surface area (Å²) in [6, 6.07) is 19.7. The highest BCUT2D eigenvalue weighted by atomic mass is 32.2. The van der Waals surface area contributed by atoms with E-state index in [-0.39, 0.29) is 29.4 Å². The molecule has 0 saturated carbocycles. The van der Waals surface area contributed by atoms with Crippen molar-refractivity contribution in [2.45, 2.75) is 62.8 Å². The molecule has 8 nitrogen and oxygen atoms in total. The summed E-state index contributed by atoms with van der Waals surface area (Å²) in [5.41, 5.74) is 3.96. The fraction of sp³-hybridized carbons (Fsp3) is 0.387. The number of hydrogen-bond acceptors (Lipinski definition) is 5. The van der Waals surface area contributed by atoms with Crippen LogP contribution in [0.3, 0.4) is 0 Å². The van der Waals surface area contributed by atoms with Crippen LogP contribution in [0.1, 0.15) is 47.1 Å². The third kappa shape index (κ3) is 7.62. The van der Waals surface area contributed by atoms with Crippen molar-refractivity contribution in [1.29, 1.82) is 0 Å². The van der Waals surface area contributed by atoms with Gasteiger partial charge in [0.2, 0.25) is 26.0 Å². The first kappa shape index (κ1) is 30.9. The Morgan fingerprint density at radius 1 is 0.829 bits per heavy atom. The van der Waals surface area contributed by atoms with E-state index in [4.69, 9.17) is 0 Å². The van der Waals surface area contributed by atoms with Crippen LogP contribution < -0.4 is 5.32 Å². The van der Waals surface area contributed by atoms with Gasteiger partial charge in [0.25, 0.3) is 0 Å². The van der Waals surface area contributed by atoms with Crippen LogP contribution >= 0.6 is 0 Å². The van der Waals surface area contributed by atoms with Gasteiger partial charge in [0, 0.05) is 26.2 Å². The van der Waals surface area contributed by atoms with Crippen molar-refractivity contribution in [2.24, 2.45) is 0 Å². The number of carbonyl (C=O) groups is 1. The second-order valence-corrected chi connectivity index (χ2v) is 14.5. The number of nitrogens with one attached hydrogen (secondary N) is 1. The van der Waals surface area contributed by atoms with Crippen molar-refractivity contribution in [1.82, 2.24) is 13.9 Å². The molecule has 4 rings (SSSR count). The van der Waals surface area contributed by atoms with Crippen LogP contribution in [0.15, 0.2) is 76.5 Å². The minimum absolute atomic E-state index is 0.148. The van der Waals surface area contributed by atoms with Crippen LogP contribution in [0.2, 0.25) is 0 Å². The van der Waals surface area contributed by atoms with Gasteiger partial charge in [-0.15, -0.1) is 0 Å². The summed E-state index contributed by atoms with van der Waals surface area (Å²) in [6.45, 7) is 6.51. The Bertz CT molecular complexity index is 1540. The van der Waals surface area contributed by atoms with Gasteiger partial charge in [0.15, 0.2) is 0 Å². The van der Waals surface area contributed by atoms with Crippen molar-refractivity contribution in [3.05, 3.63) is 94.5 Å². The maximum atomic E-state index is 13.9. The number of nitrogens with zero attached hydrogens (tertiary/aromatic N) is 2. The first-order chi connectivity index (χ1) is 19.5. The Labute approximate surface area is 244 Å². The maximum absolute atomic E-state index is 13.9. The minimum Gasteiger partial charge on any atom is -0.351 e. The lowest BCUT2D eigenvalue weighted by Crippen LogP contribution is -2.42. The van der Waals surface area contributed by atoms with E-state index in [1.165, 1.54) is 8.61 Å². The summed E-state index contributed by atoms with van der Waals surface area (Å²) >= 11 is 0. The summed E-state index contributed by atoms with van der Waals surface area (Å²) in [6.07, 6.45) is 3.24. The van der Waals surface area contributed by atoms with Gasteiger partial charge in [-0.25, -0.2) is 16.8 Å². The summed E-state index contributed by atoms with van der Waals surface area (Å²) in [5, 5.41) is 2.81. The topological polar surface area (TPSA) is 104 Å². The Morgan fingerprint density at radius 3 is 2.05 bits per heavy atom. The van der Waals surface area contributed by atoms with E-state index in [2.05, 4.69) is 5.32 Å². The smallest absolute Gasteiger partial charge is 0.244 e. The molecule has 0 atom stereocenters. The first-order valence-corrected chi connectivity index (χ1v) is 16.8. The quantitative estimate of drug-likeness (QED) is 0.354. The highest BCUT2D eigenvalue weighted by molar-refractivity contribution is 7.89. The van der Waals surface area contributed by atoms with Crippen molar-refractivity contribution in [2.75, 3.05) is 26.2 Å². The number of rotatable bonds is 11. The van der Waals surface area contributed by atoms with Crippen LogP contribution in [0, 0.1) is 20.8 Å². The second-order valence-electron chi connectivity index (χ2n) is 10.7. The van der Waals surface area contributed by atoms with Gasteiger partial charge in [-0.1, -0.05) is 66.6 Å². The Balaban J connectivity index is 1.46. The molecule has 1 heterocycles. The van der Waals surface area contributed by atoms with Crippen LogP contribution in [0.25, 0.3) is 0 Å². The molecular formula is C31H39N3O5S2. The Morgan fingerprint density at radius 2 is 1.44 bits per heavy atom. The third-order valence-corrected chi connectivity index (χ3v) is 11.4. The highest BCUT2D eigenvalue weighted by Crippen LogP contribution is 2.26. The molecule has 0 unspecified atom stereocenters. The van der Waals surface area contributed by atoms with Crippen LogP contribution in [0.4, 0.5) is 0 Å².